The Labute approximate surface area is 222 Å². The van der Waals surface area contributed by atoms with Crippen LogP contribution in [-0.4, -0.2) is 26.6 Å². The van der Waals surface area contributed by atoms with Gasteiger partial charge in [0.2, 0.25) is 0 Å². The summed E-state index contributed by atoms with van der Waals surface area (Å²) in [6, 6.07) is 10.3. The van der Waals surface area contributed by atoms with Gasteiger partial charge in [-0.1, -0.05) is 50.1 Å². The first-order chi connectivity index (χ1) is 18.4. The van der Waals surface area contributed by atoms with Gasteiger partial charge in [-0.2, -0.15) is 0 Å². The molecule has 0 fully saturated rings. The summed E-state index contributed by atoms with van der Waals surface area (Å²) in [4.78, 5) is 2.52. The molecule has 0 aliphatic heterocycles. The molecule has 2 aromatic heterocycles. The zero-order valence-electron chi connectivity index (χ0n) is 21.2. The van der Waals surface area contributed by atoms with Crippen molar-refractivity contribution < 1.29 is 33.3 Å². The minimum atomic E-state index is -9.71. The van der Waals surface area contributed by atoms with Crippen LogP contribution in [0, 0.1) is 0 Å². The second-order valence-electron chi connectivity index (χ2n) is 9.09. The van der Waals surface area contributed by atoms with E-state index in [4.69, 9.17) is 13.9 Å². The van der Waals surface area contributed by atoms with Crippen molar-refractivity contribution in [1.82, 2.24) is 20.0 Å². The fourth-order valence-corrected chi connectivity index (χ4v) is 4.66. The first kappa shape index (κ1) is 28.4. The Hall–Kier alpha value is -3.61. The molecule has 1 unspecified atom stereocenters. The SMILES string of the molecule is CCCC(Cc1nc(COc2ccc(OCCCn3ccnn3)cc2)co1)c1ccc(S(F)(F)(F)(F)F)cc1. The highest BCUT2D eigenvalue weighted by Crippen LogP contribution is 3.02. The lowest BCUT2D eigenvalue weighted by Gasteiger charge is -2.40. The van der Waals surface area contributed by atoms with Gasteiger partial charge in [-0.25, -0.2) is 4.98 Å². The molecule has 39 heavy (non-hydrogen) atoms. The average Bonchev–Trinajstić information content (AvgIpc) is 3.57. The summed E-state index contributed by atoms with van der Waals surface area (Å²) >= 11 is 0. The minimum absolute atomic E-state index is 0.151. The fraction of sp³-hybridized carbons (Fsp3) is 0.346. The van der Waals surface area contributed by atoms with Crippen LogP contribution in [0.3, 0.4) is 0 Å². The number of aryl methyl sites for hydroxylation is 1. The Morgan fingerprint density at radius 3 is 2.26 bits per heavy atom. The van der Waals surface area contributed by atoms with E-state index in [-0.39, 0.29) is 12.5 Å². The van der Waals surface area contributed by atoms with Crippen molar-refractivity contribution in [2.45, 2.75) is 56.6 Å². The van der Waals surface area contributed by atoms with Crippen LogP contribution in [0.1, 0.15) is 49.3 Å². The summed E-state index contributed by atoms with van der Waals surface area (Å²) in [5, 5.41) is 7.65. The van der Waals surface area contributed by atoms with Crippen LogP contribution in [0.2, 0.25) is 0 Å². The molecule has 0 radical (unpaired) electrons. The molecule has 7 nitrogen and oxygen atoms in total. The van der Waals surface area contributed by atoms with Crippen LogP contribution in [0.25, 0.3) is 0 Å². The summed E-state index contributed by atoms with van der Waals surface area (Å²) < 4.78 is 84.0. The van der Waals surface area contributed by atoms with E-state index >= 15 is 0 Å². The van der Waals surface area contributed by atoms with Crippen molar-refractivity contribution in [2.75, 3.05) is 6.61 Å². The fourth-order valence-electron chi connectivity index (χ4n) is 4.01. The summed E-state index contributed by atoms with van der Waals surface area (Å²) in [6.45, 7) is 3.32. The van der Waals surface area contributed by atoms with Gasteiger partial charge in [0.05, 0.1) is 12.8 Å². The van der Waals surface area contributed by atoms with Crippen LogP contribution >= 0.6 is 10.2 Å². The molecule has 13 heteroatoms. The van der Waals surface area contributed by atoms with Crippen LogP contribution in [-0.2, 0) is 19.6 Å². The second-order valence-corrected chi connectivity index (χ2v) is 11.5. The quantitative estimate of drug-likeness (QED) is 0.112. The topological polar surface area (TPSA) is 75.2 Å². The first-order valence-corrected chi connectivity index (χ1v) is 14.3. The van der Waals surface area contributed by atoms with E-state index in [1.54, 1.807) is 41.3 Å². The van der Waals surface area contributed by atoms with E-state index in [9.17, 15) is 19.4 Å². The minimum Gasteiger partial charge on any atom is -0.494 e. The summed E-state index contributed by atoms with van der Waals surface area (Å²) in [5.74, 6) is 1.47. The second kappa shape index (κ2) is 10.9. The Morgan fingerprint density at radius 2 is 1.64 bits per heavy atom. The lowest BCUT2D eigenvalue weighted by Crippen LogP contribution is -2.08. The molecule has 0 aliphatic carbocycles. The number of halogens is 5. The molecule has 0 N–H and O–H groups in total. The van der Waals surface area contributed by atoms with Gasteiger partial charge in [0.25, 0.3) is 0 Å². The van der Waals surface area contributed by atoms with Gasteiger partial charge in [0, 0.05) is 25.6 Å². The number of benzene rings is 2. The van der Waals surface area contributed by atoms with Gasteiger partial charge in [0.1, 0.15) is 35.0 Å². The smallest absolute Gasteiger partial charge is 0.310 e. The van der Waals surface area contributed by atoms with Gasteiger partial charge in [-0.3, -0.25) is 4.68 Å². The number of nitrogens with zero attached hydrogens (tertiary/aromatic N) is 4. The number of ether oxygens (including phenoxy) is 2. The van der Waals surface area contributed by atoms with Gasteiger partial charge in [0.15, 0.2) is 5.89 Å². The molecular formula is C26H29F5N4O3S. The first-order valence-electron chi connectivity index (χ1n) is 12.4. The summed E-state index contributed by atoms with van der Waals surface area (Å²) in [5.41, 5.74) is 1.06. The Bertz CT molecular complexity index is 1330. The molecule has 0 saturated carbocycles. The molecule has 4 rings (SSSR count). The lowest BCUT2D eigenvalue weighted by molar-refractivity contribution is 0.291. The standard InChI is InChI=1S/C26H29F5N4O3S/c1-2-4-21(20-5-11-25(12-6-20)39(27,28,29,30)31)17-26-33-22(19-38-26)18-37-24-9-7-23(8-10-24)36-16-3-14-35-15-13-32-34-35/h5-13,15,19,21H,2-4,14,16-18H2,1H3. The molecule has 4 aromatic rings. The maximum atomic E-state index is 13.1. The molecule has 0 bridgehead atoms. The molecule has 2 heterocycles. The Kier molecular flexibility index (Phi) is 7.92. The normalized spacial score (nSPS) is 14.4. The van der Waals surface area contributed by atoms with E-state index in [1.165, 1.54) is 6.26 Å². The number of oxazole rings is 1. The van der Waals surface area contributed by atoms with Crippen molar-refractivity contribution in [1.29, 1.82) is 0 Å². The van der Waals surface area contributed by atoms with Crippen molar-refractivity contribution in [2.24, 2.45) is 0 Å². The number of hydrogen-bond donors (Lipinski definition) is 0. The third kappa shape index (κ3) is 8.44. The molecule has 1 atom stereocenters. The zero-order valence-corrected chi connectivity index (χ0v) is 22.0. The van der Waals surface area contributed by atoms with Crippen LogP contribution < -0.4 is 9.47 Å². The number of hydrogen-bond acceptors (Lipinski definition) is 6. The Balaban J connectivity index is 1.28. The lowest BCUT2D eigenvalue weighted by atomic mass is 9.91. The largest absolute Gasteiger partial charge is 0.494 e. The van der Waals surface area contributed by atoms with Gasteiger partial charge in [-0.05, 0) is 54.3 Å². The van der Waals surface area contributed by atoms with E-state index in [0.717, 1.165) is 25.0 Å². The third-order valence-electron chi connectivity index (χ3n) is 5.94. The van der Waals surface area contributed by atoms with E-state index < -0.39 is 15.1 Å². The third-order valence-corrected chi connectivity index (χ3v) is 7.10. The zero-order chi connectivity index (χ0) is 28.0. The maximum Gasteiger partial charge on any atom is 0.310 e. The van der Waals surface area contributed by atoms with Gasteiger partial charge < -0.3 is 13.9 Å². The highest BCUT2D eigenvalue weighted by Gasteiger charge is 2.65. The van der Waals surface area contributed by atoms with Crippen LogP contribution in [0.5, 0.6) is 11.5 Å². The highest BCUT2D eigenvalue weighted by molar-refractivity contribution is 8.45. The molecular weight excluding hydrogens is 543 g/mol. The van der Waals surface area contributed by atoms with E-state index in [2.05, 4.69) is 15.3 Å². The molecule has 0 saturated heterocycles. The Morgan fingerprint density at radius 1 is 0.949 bits per heavy atom. The van der Waals surface area contributed by atoms with E-state index in [1.807, 2.05) is 6.92 Å². The van der Waals surface area contributed by atoms with Gasteiger partial charge in [-0.15, -0.1) is 5.10 Å². The van der Waals surface area contributed by atoms with Gasteiger partial charge >= 0.3 is 10.2 Å². The molecule has 0 spiro atoms. The van der Waals surface area contributed by atoms with Crippen LogP contribution in [0.4, 0.5) is 19.4 Å². The molecule has 0 aliphatic rings. The van der Waals surface area contributed by atoms with E-state index in [0.29, 0.717) is 66.8 Å². The van der Waals surface area contributed by atoms with Crippen molar-refractivity contribution >= 4 is 10.2 Å². The predicted octanol–water partition coefficient (Wildman–Crippen LogP) is 8.10. The highest BCUT2D eigenvalue weighted by atomic mass is 32.5. The number of aromatic nitrogens is 4. The molecule has 212 valence electrons. The predicted molar refractivity (Wildman–Crippen MR) is 137 cm³/mol. The summed E-state index contributed by atoms with van der Waals surface area (Å²) in [6.07, 6.45) is 7.34. The monoisotopic (exact) mass is 572 g/mol. The maximum absolute atomic E-state index is 13.1. The average molecular weight is 573 g/mol. The number of rotatable bonds is 14. The van der Waals surface area contributed by atoms with Crippen molar-refractivity contribution in [3.05, 3.63) is 84.3 Å². The van der Waals surface area contributed by atoms with Crippen LogP contribution in [0.15, 0.2) is 76.5 Å². The molecule has 2 aromatic carbocycles. The van der Waals surface area contributed by atoms with Crippen molar-refractivity contribution in [3.63, 3.8) is 0 Å². The molecule has 0 amide bonds. The summed E-state index contributed by atoms with van der Waals surface area (Å²) in [7, 11) is -9.71. The van der Waals surface area contributed by atoms with Crippen molar-refractivity contribution in [3.8, 4) is 11.5 Å².